The molecule has 0 aliphatic heterocycles. The molecule has 82 valence electrons. The first-order valence-corrected chi connectivity index (χ1v) is 5.36. The number of rotatable bonds is 3. The van der Waals surface area contributed by atoms with Gasteiger partial charge in [-0.3, -0.25) is 0 Å². The summed E-state index contributed by atoms with van der Waals surface area (Å²) in [7, 11) is 0. The Hall–Kier alpha value is -1.54. The maximum Gasteiger partial charge on any atom is 0.123 e. The van der Waals surface area contributed by atoms with E-state index in [-0.39, 0.29) is 5.82 Å². The molecular formula is C13H11ClFN. The number of halogens is 2. The molecule has 0 unspecified atom stereocenters. The smallest absolute Gasteiger partial charge is 0.123 e. The molecule has 1 nitrogen and oxygen atoms in total. The minimum atomic E-state index is -0.213. The Morgan fingerprint density at radius 3 is 2.50 bits per heavy atom. The Morgan fingerprint density at radius 1 is 1.06 bits per heavy atom. The summed E-state index contributed by atoms with van der Waals surface area (Å²) < 4.78 is 12.9. The quantitative estimate of drug-likeness (QED) is 0.845. The van der Waals surface area contributed by atoms with Crippen LogP contribution in [0.4, 0.5) is 10.1 Å². The molecule has 3 heteroatoms. The highest BCUT2D eigenvalue weighted by atomic mass is 35.5. The van der Waals surface area contributed by atoms with Crippen molar-refractivity contribution in [3.05, 3.63) is 64.9 Å². The fraction of sp³-hybridized carbons (Fsp3) is 0.0769. The van der Waals surface area contributed by atoms with Crippen LogP contribution in [0.5, 0.6) is 0 Å². The van der Waals surface area contributed by atoms with E-state index in [2.05, 4.69) is 5.32 Å². The topological polar surface area (TPSA) is 12.0 Å². The zero-order chi connectivity index (χ0) is 11.4. The van der Waals surface area contributed by atoms with E-state index in [0.717, 1.165) is 11.3 Å². The minimum absolute atomic E-state index is 0.213. The summed E-state index contributed by atoms with van der Waals surface area (Å²) in [5, 5.41) is 3.89. The van der Waals surface area contributed by atoms with Gasteiger partial charge in [0.15, 0.2) is 0 Å². The highest BCUT2D eigenvalue weighted by molar-refractivity contribution is 6.30. The average Bonchev–Trinajstić information content (AvgIpc) is 2.28. The summed E-state index contributed by atoms with van der Waals surface area (Å²) in [6, 6.07) is 13.9. The molecule has 2 rings (SSSR count). The van der Waals surface area contributed by atoms with Crippen molar-refractivity contribution in [2.75, 3.05) is 5.32 Å². The Kier molecular flexibility index (Phi) is 3.42. The predicted octanol–water partition coefficient (Wildman–Crippen LogP) is 4.09. The van der Waals surface area contributed by atoms with Gasteiger partial charge in [-0.05, 0) is 42.0 Å². The fourth-order valence-electron chi connectivity index (χ4n) is 1.42. The van der Waals surface area contributed by atoms with Crippen molar-refractivity contribution < 1.29 is 4.39 Å². The molecule has 1 N–H and O–H groups in total. The molecule has 0 amide bonds. The molecule has 0 saturated carbocycles. The second-order valence-corrected chi connectivity index (χ2v) is 3.93. The number of hydrogen-bond acceptors (Lipinski definition) is 1. The molecule has 0 aromatic heterocycles. The monoisotopic (exact) mass is 235 g/mol. The van der Waals surface area contributed by atoms with Crippen LogP contribution in [0.25, 0.3) is 0 Å². The van der Waals surface area contributed by atoms with Crippen molar-refractivity contribution in [3.63, 3.8) is 0 Å². The molecule has 0 atom stereocenters. The Labute approximate surface area is 98.9 Å². The summed E-state index contributed by atoms with van der Waals surface area (Å²) in [5.41, 5.74) is 1.88. The molecule has 0 saturated heterocycles. The van der Waals surface area contributed by atoms with Gasteiger partial charge in [0.25, 0.3) is 0 Å². The zero-order valence-electron chi connectivity index (χ0n) is 8.58. The third-order valence-corrected chi connectivity index (χ3v) is 2.48. The predicted molar refractivity (Wildman–Crippen MR) is 65.2 cm³/mol. The van der Waals surface area contributed by atoms with Crippen LogP contribution in [0, 0.1) is 5.82 Å². The highest BCUT2D eigenvalue weighted by Crippen LogP contribution is 2.14. The van der Waals surface area contributed by atoms with E-state index in [0.29, 0.717) is 11.6 Å². The van der Waals surface area contributed by atoms with Crippen molar-refractivity contribution in [1.82, 2.24) is 0 Å². The van der Waals surface area contributed by atoms with Crippen molar-refractivity contribution >= 4 is 17.3 Å². The molecule has 0 bridgehead atoms. The summed E-state index contributed by atoms with van der Waals surface area (Å²) in [4.78, 5) is 0. The normalized spacial score (nSPS) is 10.1. The lowest BCUT2D eigenvalue weighted by Crippen LogP contribution is -1.99. The second-order valence-electron chi connectivity index (χ2n) is 3.49. The van der Waals surface area contributed by atoms with Gasteiger partial charge in [-0.2, -0.15) is 0 Å². The third kappa shape index (κ3) is 2.97. The maximum atomic E-state index is 12.9. The first kappa shape index (κ1) is 11.0. The van der Waals surface area contributed by atoms with Crippen LogP contribution in [0.15, 0.2) is 48.5 Å². The lowest BCUT2D eigenvalue weighted by molar-refractivity contribution is 0.626. The molecule has 0 aliphatic rings. The van der Waals surface area contributed by atoms with Gasteiger partial charge in [0, 0.05) is 17.3 Å². The van der Waals surface area contributed by atoms with Crippen molar-refractivity contribution in [3.8, 4) is 0 Å². The van der Waals surface area contributed by atoms with Crippen molar-refractivity contribution in [1.29, 1.82) is 0 Å². The van der Waals surface area contributed by atoms with E-state index in [1.54, 1.807) is 6.07 Å². The molecule has 16 heavy (non-hydrogen) atoms. The molecule has 0 fully saturated rings. The van der Waals surface area contributed by atoms with Crippen LogP contribution in [0.3, 0.4) is 0 Å². The molecule has 0 radical (unpaired) electrons. The van der Waals surface area contributed by atoms with Crippen LogP contribution in [-0.4, -0.2) is 0 Å². The van der Waals surface area contributed by atoms with Gasteiger partial charge in [0.2, 0.25) is 0 Å². The number of benzene rings is 2. The summed E-state index contributed by atoms with van der Waals surface area (Å²) in [6.07, 6.45) is 0. The van der Waals surface area contributed by atoms with Gasteiger partial charge in [0.1, 0.15) is 5.82 Å². The minimum Gasteiger partial charge on any atom is -0.381 e. The molecule has 0 spiro atoms. The maximum absolute atomic E-state index is 12.9. The van der Waals surface area contributed by atoms with E-state index < -0.39 is 0 Å². The van der Waals surface area contributed by atoms with Crippen LogP contribution in [0.1, 0.15) is 5.56 Å². The summed E-state index contributed by atoms with van der Waals surface area (Å²) in [5.74, 6) is -0.213. The first-order chi connectivity index (χ1) is 7.74. The lowest BCUT2D eigenvalue weighted by Gasteiger charge is -2.06. The molecule has 0 aliphatic carbocycles. The fourth-order valence-corrected chi connectivity index (χ4v) is 1.54. The summed E-state index contributed by atoms with van der Waals surface area (Å²) >= 11 is 5.77. The highest BCUT2D eigenvalue weighted by Gasteiger charge is 1.96. The number of anilines is 1. The van der Waals surface area contributed by atoms with E-state index in [1.807, 2.05) is 30.3 Å². The zero-order valence-corrected chi connectivity index (χ0v) is 9.34. The third-order valence-electron chi connectivity index (χ3n) is 2.23. The van der Waals surface area contributed by atoms with Crippen LogP contribution < -0.4 is 5.32 Å². The molecular weight excluding hydrogens is 225 g/mol. The van der Waals surface area contributed by atoms with Crippen LogP contribution in [-0.2, 0) is 6.54 Å². The van der Waals surface area contributed by atoms with Crippen LogP contribution >= 0.6 is 11.6 Å². The molecule has 2 aromatic rings. The largest absolute Gasteiger partial charge is 0.381 e. The number of hydrogen-bond donors (Lipinski definition) is 1. The SMILES string of the molecule is Fc1cccc(CNc2ccc(Cl)cc2)c1. The van der Waals surface area contributed by atoms with Crippen molar-refractivity contribution in [2.24, 2.45) is 0 Å². The van der Waals surface area contributed by atoms with Gasteiger partial charge >= 0.3 is 0 Å². The summed E-state index contributed by atoms with van der Waals surface area (Å²) in [6.45, 7) is 0.597. The Bertz CT molecular complexity index is 468. The Balaban J connectivity index is 1.99. The van der Waals surface area contributed by atoms with Gasteiger partial charge in [-0.1, -0.05) is 23.7 Å². The van der Waals surface area contributed by atoms with Gasteiger partial charge < -0.3 is 5.32 Å². The van der Waals surface area contributed by atoms with E-state index >= 15 is 0 Å². The van der Waals surface area contributed by atoms with E-state index in [9.17, 15) is 4.39 Å². The van der Waals surface area contributed by atoms with E-state index in [4.69, 9.17) is 11.6 Å². The lowest BCUT2D eigenvalue weighted by atomic mass is 10.2. The van der Waals surface area contributed by atoms with Gasteiger partial charge in [-0.15, -0.1) is 0 Å². The average molecular weight is 236 g/mol. The van der Waals surface area contributed by atoms with Crippen molar-refractivity contribution in [2.45, 2.75) is 6.54 Å². The molecule has 2 aromatic carbocycles. The molecule has 0 heterocycles. The standard InChI is InChI=1S/C13H11ClFN/c14-11-4-6-13(7-5-11)16-9-10-2-1-3-12(15)8-10/h1-8,16H,9H2. The number of nitrogens with one attached hydrogen (secondary N) is 1. The van der Waals surface area contributed by atoms with Gasteiger partial charge in [-0.25, -0.2) is 4.39 Å². The van der Waals surface area contributed by atoms with Gasteiger partial charge in [0.05, 0.1) is 0 Å². The first-order valence-electron chi connectivity index (χ1n) is 4.98. The Morgan fingerprint density at radius 2 is 1.81 bits per heavy atom. The van der Waals surface area contributed by atoms with Crippen LogP contribution in [0.2, 0.25) is 5.02 Å². The van der Waals surface area contributed by atoms with E-state index in [1.165, 1.54) is 12.1 Å². The second kappa shape index (κ2) is 4.99.